The van der Waals surface area contributed by atoms with Gasteiger partial charge in [0.05, 0.1) is 24.3 Å². The smallest absolute Gasteiger partial charge is 0.329 e. The van der Waals surface area contributed by atoms with Gasteiger partial charge in [-0.05, 0) is 42.0 Å². The maximum Gasteiger partial charge on any atom is 0.329 e. The molecule has 0 atom stereocenters. The summed E-state index contributed by atoms with van der Waals surface area (Å²) in [6.45, 7) is -0.369. The Hall–Kier alpha value is -5.07. The van der Waals surface area contributed by atoms with Crippen LogP contribution in [-0.4, -0.2) is 42.3 Å². The number of carbonyl (C=O) groups is 1. The van der Waals surface area contributed by atoms with E-state index in [0.29, 0.717) is 33.7 Å². The molecule has 0 unspecified atom stereocenters. The predicted octanol–water partition coefficient (Wildman–Crippen LogP) is 3.02. The van der Waals surface area contributed by atoms with Crippen LogP contribution in [0.2, 0.25) is 0 Å². The van der Waals surface area contributed by atoms with Gasteiger partial charge in [0.25, 0.3) is 0 Å². The fraction of sp³-hybridized carbons (Fsp3) is 0.160. The highest BCUT2D eigenvalue weighted by Crippen LogP contribution is 2.37. The number of halogens is 2. The van der Waals surface area contributed by atoms with Crippen LogP contribution in [0.25, 0.3) is 22.2 Å². The first-order valence-electron chi connectivity index (χ1n) is 11.3. The van der Waals surface area contributed by atoms with Crippen LogP contribution in [-0.2, 0) is 25.0 Å². The molecule has 0 saturated heterocycles. The molecule has 5 aromatic rings. The molecule has 0 spiro atoms. The first kappa shape index (κ1) is 24.6. The van der Waals surface area contributed by atoms with Gasteiger partial charge in [-0.15, -0.1) is 10.2 Å². The summed E-state index contributed by atoms with van der Waals surface area (Å²) in [7, 11) is 2.93. The summed E-state index contributed by atoms with van der Waals surface area (Å²) in [4.78, 5) is 32.7. The Morgan fingerprint density at radius 3 is 2.66 bits per heavy atom. The molecule has 0 aliphatic heterocycles. The molecule has 0 saturated carbocycles. The van der Waals surface area contributed by atoms with Crippen LogP contribution < -0.4 is 20.5 Å². The van der Waals surface area contributed by atoms with E-state index in [-0.39, 0.29) is 24.7 Å². The van der Waals surface area contributed by atoms with Crippen molar-refractivity contribution in [3.05, 3.63) is 83.1 Å². The quantitative estimate of drug-likeness (QED) is 0.321. The van der Waals surface area contributed by atoms with Crippen LogP contribution in [0.1, 0.15) is 5.82 Å². The lowest BCUT2D eigenvalue weighted by Gasteiger charge is -2.13. The lowest BCUT2D eigenvalue weighted by molar-refractivity contribution is -0.116. The molecule has 5 rings (SSSR count). The van der Waals surface area contributed by atoms with E-state index >= 15 is 4.39 Å². The van der Waals surface area contributed by atoms with Crippen LogP contribution in [0.4, 0.5) is 14.5 Å². The average Bonchev–Trinajstić information content (AvgIpc) is 3.52. The van der Waals surface area contributed by atoms with Gasteiger partial charge in [0.2, 0.25) is 5.91 Å². The summed E-state index contributed by atoms with van der Waals surface area (Å²) >= 11 is 0. The summed E-state index contributed by atoms with van der Waals surface area (Å²) in [6, 6.07) is 8.08. The Morgan fingerprint density at radius 2 is 1.95 bits per heavy atom. The Bertz CT molecular complexity index is 1680. The molecular formula is C25H21F2N7O4. The highest BCUT2D eigenvalue weighted by molar-refractivity contribution is 5.95. The van der Waals surface area contributed by atoms with Crippen molar-refractivity contribution in [3.63, 3.8) is 0 Å². The molecule has 0 bridgehead atoms. The molecular weight excluding hydrogens is 500 g/mol. The summed E-state index contributed by atoms with van der Waals surface area (Å²) in [5, 5.41) is 10.1. The number of methoxy groups -OCH3 is 1. The minimum Gasteiger partial charge on any atom is -0.493 e. The SMILES string of the molecule is COc1cc(-c2cncc3c2n(C)c(=O)n3CC(=O)Nc2ccc(F)cc2)cc(F)c1OCc1nnc[nH]1. The molecule has 0 fully saturated rings. The highest BCUT2D eigenvalue weighted by atomic mass is 19.1. The van der Waals surface area contributed by atoms with Crippen LogP contribution in [0, 0.1) is 11.6 Å². The molecule has 2 aromatic carbocycles. The van der Waals surface area contributed by atoms with Gasteiger partial charge < -0.3 is 19.8 Å². The summed E-state index contributed by atoms with van der Waals surface area (Å²) in [6.07, 6.45) is 4.33. The zero-order valence-corrected chi connectivity index (χ0v) is 20.2. The summed E-state index contributed by atoms with van der Waals surface area (Å²) < 4.78 is 41.9. The van der Waals surface area contributed by atoms with Crippen LogP contribution in [0.15, 0.2) is 59.9 Å². The fourth-order valence-corrected chi connectivity index (χ4v) is 4.07. The van der Waals surface area contributed by atoms with Gasteiger partial charge in [-0.1, -0.05) is 0 Å². The van der Waals surface area contributed by atoms with Gasteiger partial charge in [-0.25, -0.2) is 13.6 Å². The number of benzene rings is 2. The van der Waals surface area contributed by atoms with Crippen molar-refractivity contribution in [3.8, 4) is 22.6 Å². The van der Waals surface area contributed by atoms with Crippen molar-refractivity contribution in [2.24, 2.45) is 7.05 Å². The minimum atomic E-state index is -0.695. The number of aromatic amines is 1. The fourth-order valence-electron chi connectivity index (χ4n) is 4.07. The van der Waals surface area contributed by atoms with E-state index in [1.807, 2.05) is 0 Å². The van der Waals surface area contributed by atoms with Crippen LogP contribution in [0.3, 0.4) is 0 Å². The van der Waals surface area contributed by atoms with E-state index in [0.717, 1.165) is 0 Å². The van der Waals surface area contributed by atoms with Crippen molar-refractivity contribution in [2.45, 2.75) is 13.2 Å². The van der Waals surface area contributed by atoms with Gasteiger partial charge in [0, 0.05) is 24.5 Å². The Labute approximate surface area is 213 Å². The van der Waals surface area contributed by atoms with Gasteiger partial charge >= 0.3 is 5.69 Å². The Kier molecular flexibility index (Phi) is 6.56. The predicted molar refractivity (Wildman–Crippen MR) is 133 cm³/mol. The molecule has 194 valence electrons. The number of hydrogen-bond donors (Lipinski definition) is 2. The number of amides is 1. The third-order valence-corrected chi connectivity index (χ3v) is 5.83. The number of pyridine rings is 1. The van der Waals surface area contributed by atoms with Gasteiger partial charge in [-0.3, -0.25) is 18.9 Å². The van der Waals surface area contributed by atoms with Gasteiger partial charge in [0.15, 0.2) is 23.1 Å². The lowest BCUT2D eigenvalue weighted by Crippen LogP contribution is -2.28. The normalized spacial score (nSPS) is 11.1. The van der Waals surface area contributed by atoms with Crippen LogP contribution >= 0.6 is 0 Å². The molecule has 13 heteroatoms. The molecule has 0 aliphatic carbocycles. The van der Waals surface area contributed by atoms with Crippen molar-refractivity contribution >= 4 is 22.6 Å². The third kappa shape index (κ3) is 4.68. The largest absolute Gasteiger partial charge is 0.493 e. The molecule has 11 nitrogen and oxygen atoms in total. The van der Waals surface area contributed by atoms with Crippen LogP contribution in [0.5, 0.6) is 11.5 Å². The molecule has 38 heavy (non-hydrogen) atoms. The van der Waals surface area contributed by atoms with E-state index in [4.69, 9.17) is 9.47 Å². The maximum atomic E-state index is 15.2. The number of nitrogens with zero attached hydrogens (tertiary/aromatic N) is 5. The standard InChI is InChI=1S/C25H21F2N7O4/c1-33-23-17(14-7-18(27)24(20(8-14)37-2)38-12-21-29-13-30-32-21)9-28-10-19(23)34(25(33)36)11-22(35)31-16-5-3-15(26)4-6-16/h3-10,13H,11-12H2,1-2H3,(H,31,35)(H,29,30,32). The van der Waals surface area contributed by atoms with E-state index in [1.165, 1.54) is 65.3 Å². The first-order valence-corrected chi connectivity index (χ1v) is 11.3. The number of aryl methyl sites for hydroxylation is 1. The van der Waals surface area contributed by atoms with E-state index < -0.39 is 23.2 Å². The van der Waals surface area contributed by atoms with Gasteiger partial charge in [-0.2, -0.15) is 0 Å². The number of H-pyrrole nitrogens is 1. The third-order valence-electron chi connectivity index (χ3n) is 5.83. The molecule has 2 N–H and O–H groups in total. The molecule has 1 amide bonds. The van der Waals surface area contributed by atoms with E-state index in [9.17, 15) is 14.0 Å². The summed E-state index contributed by atoms with van der Waals surface area (Å²) in [5.41, 5.74) is 1.55. The number of ether oxygens (including phenoxy) is 2. The monoisotopic (exact) mass is 521 g/mol. The Morgan fingerprint density at radius 1 is 1.16 bits per heavy atom. The number of nitrogens with one attached hydrogen (secondary N) is 2. The number of rotatable bonds is 8. The Balaban J connectivity index is 1.49. The van der Waals surface area contributed by atoms with E-state index in [2.05, 4.69) is 25.5 Å². The van der Waals surface area contributed by atoms with Crippen molar-refractivity contribution in [1.29, 1.82) is 0 Å². The zero-order chi connectivity index (χ0) is 26.8. The van der Waals surface area contributed by atoms with Crippen molar-refractivity contribution < 1.29 is 23.0 Å². The molecule has 0 radical (unpaired) electrons. The maximum absolute atomic E-state index is 15.2. The summed E-state index contributed by atoms with van der Waals surface area (Å²) in [5.74, 6) is -1.20. The topological polar surface area (TPSA) is 129 Å². The second kappa shape index (κ2) is 10.1. The molecule has 0 aliphatic rings. The number of fused-ring (bicyclic) bond motifs is 1. The number of aromatic nitrogens is 6. The highest BCUT2D eigenvalue weighted by Gasteiger charge is 2.21. The first-order chi connectivity index (χ1) is 18.4. The minimum absolute atomic E-state index is 0.0545. The van der Waals surface area contributed by atoms with Gasteiger partial charge in [0.1, 0.15) is 25.3 Å². The number of imidazole rings is 1. The van der Waals surface area contributed by atoms with Crippen molar-refractivity contribution in [2.75, 3.05) is 12.4 Å². The zero-order valence-electron chi connectivity index (χ0n) is 20.2. The molecule has 3 aromatic heterocycles. The second-order valence-electron chi connectivity index (χ2n) is 8.25. The number of anilines is 1. The number of carbonyl (C=O) groups excluding carboxylic acids is 1. The molecule has 3 heterocycles. The average molecular weight is 521 g/mol. The van der Waals surface area contributed by atoms with E-state index in [1.54, 1.807) is 13.1 Å². The lowest BCUT2D eigenvalue weighted by atomic mass is 10.1. The van der Waals surface area contributed by atoms with Crippen molar-refractivity contribution in [1.82, 2.24) is 29.3 Å². The number of hydrogen-bond acceptors (Lipinski definition) is 7. The second-order valence-corrected chi connectivity index (χ2v) is 8.25.